The maximum Gasteiger partial charge on any atom is 0.298 e. The van der Waals surface area contributed by atoms with Crippen LogP contribution >= 0.6 is 0 Å². The number of hydrogen-bond acceptors (Lipinski definition) is 5. The molecule has 2 heterocycles. The van der Waals surface area contributed by atoms with E-state index in [0.29, 0.717) is 17.6 Å². The Morgan fingerprint density at radius 2 is 2.24 bits per heavy atom. The van der Waals surface area contributed by atoms with Crippen molar-refractivity contribution < 1.29 is 9.21 Å². The summed E-state index contributed by atoms with van der Waals surface area (Å²) in [5.41, 5.74) is 8.01. The number of nitrogen functional groups attached to an aromatic ring is 1. The highest BCUT2D eigenvalue weighted by Crippen LogP contribution is 2.27. The van der Waals surface area contributed by atoms with Crippen LogP contribution < -0.4 is 16.0 Å². The minimum Gasteiger partial charge on any atom is -0.423 e. The van der Waals surface area contributed by atoms with Crippen LogP contribution in [0, 0.1) is 5.92 Å². The van der Waals surface area contributed by atoms with Crippen LogP contribution in [-0.4, -0.2) is 30.5 Å². The molecule has 1 fully saturated rings. The van der Waals surface area contributed by atoms with Crippen molar-refractivity contribution in [2.45, 2.75) is 19.8 Å². The summed E-state index contributed by atoms with van der Waals surface area (Å²) in [4.78, 5) is 17.6. The lowest BCUT2D eigenvalue weighted by Gasteiger charge is -2.30. The number of oxazole rings is 1. The van der Waals surface area contributed by atoms with Gasteiger partial charge in [0.05, 0.1) is 0 Å². The summed E-state index contributed by atoms with van der Waals surface area (Å²) < 4.78 is 5.79. The van der Waals surface area contributed by atoms with Crippen molar-refractivity contribution in [2.75, 3.05) is 30.3 Å². The zero-order chi connectivity index (χ0) is 14.8. The van der Waals surface area contributed by atoms with Gasteiger partial charge in [-0.25, -0.2) is 0 Å². The molecule has 112 valence electrons. The van der Waals surface area contributed by atoms with Gasteiger partial charge in [-0.15, -0.1) is 0 Å². The Hall–Kier alpha value is -2.24. The molecule has 0 spiro atoms. The molecule has 0 unspecified atom stereocenters. The van der Waals surface area contributed by atoms with E-state index in [2.05, 4.69) is 15.2 Å². The number of nitrogens with zero attached hydrogens (tertiary/aromatic N) is 2. The van der Waals surface area contributed by atoms with Gasteiger partial charge in [0, 0.05) is 32.2 Å². The normalized spacial score (nSPS) is 16.3. The van der Waals surface area contributed by atoms with E-state index in [1.807, 2.05) is 18.2 Å². The third kappa shape index (κ3) is 3.09. The first-order valence-corrected chi connectivity index (χ1v) is 7.27. The summed E-state index contributed by atoms with van der Waals surface area (Å²) in [6.45, 7) is 4.10. The Morgan fingerprint density at radius 1 is 1.48 bits per heavy atom. The minimum atomic E-state index is 0.0361. The molecule has 1 saturated heterocycles. The first-order chi connectivity index (χ1) is 10.1. The van der Waals surface area contributed by atoms with Crippen LogP contribution in [0.25, 0.3) is 11.1 Å². The SMILES string of the molecule is CC(=O)NCC1CCN(c2nc3cc(N)ccc3o2)CC1. The zero-order valence-electron chi connectivity index (χ0n) is 12.1. The largest absolute Gasteiger partial charge is 0.423 e. The van der Waals surface area contributed by atoms with Gasteiger partial charge in [-0.2, -0.15) is 4.98 Å². The van der Waals surface area contributed by atoms with Crippen molar-refractivity contribution in [2.24, 2.45) is 5.92 Å². The topological polar surface area (TPSA) is 84.4 Å². The summed E-state index contributed by atoms with van der Waals surface area (Å²) in [5.74, 6) is 0.569. The van der Waals surface area contributed by atoms with Gasteiger partial charge >= 0.3 is 0 Å². The second-order valence-corrected chi connectivity index (χ2v) is 5.59. The van der Waals surface area contributed by atoms with E-state index < -0.39 is 0 Å². The van der Waals surface area contributed by atoms with Gasteiger partial charge in [0.1, 0.15) is 5.52 Å². The fraction of sp³-hybridized carbons (Fsp3) is 0.467. The monoisotopic (exact) mass is 288 g/mol. The lowest BCUT2D eigenvalue weighted by molar-refractivity contribution is -0.119. The number of rotatable bonds is 3. The van der Waals surface area contributed by atoms with Crippen molar-refractivity contribution in [1.29, 1.82) is 0 Å². The van der Waals surface area contributed by atoms with Crippen molar-refractivity contribution in [1.82, 2.24) is 10.3 Å². The van der Waals surface area contributed by atoms with E-state index >= 15 is 0 Å². The molecule has 21 heavy (non-hydrogen) atoms. The van der Waals surface area contributed by atoms with Gasteiger partial charge in [0.2, 0.25) is 5.91 Å². The van der Waals surface area contributed by atoms with Gasteiger partial charge in [-0.05, 0) is 37.0 Å². The highest BCUT2D eigenvalue weighted by molar-refractivity contribution is 5.78. The Labute approximate surface area is 123 Å². The number of anilines is 2. The van der Waals surface area contributed by atoms with Crippen LogP contribution in [0.15, 0.2) is 22.6 Å². The van der Waals surface area contributed by atoms with Gasteiger partial charge in [0.15, 0.2) is 5.58 Å². The number of benzene rings is 1. The second-order valence-electron chi connectivity index (χ2n) is 5.59. The quantitative estimate of drug-likeness (QED) is 0.841. The standard InChI is InChI=1S/C15H20N4O2/c1-10(20)17-9-11-4-6-19(7-5-11)15-18-13-8-12(16)2-3-14(13)21-15/h2-3,8,11H,4-7,9,16H2,1H3,(H,17,20). The predicted octanol–water partition coefficient (Wildman–Crippen LogP) is 1.76. The summed E-state index contributed by atoms with van der Waals surface area (Å²) in [5, 5.41) is 2.89. The molecule has 1 aliphatic rings. The van der Waals surface area contributed by atoms with E-state index in [4.69, 9.17) is 10.2 Å². The molecule has 1 aliphatic heterocycles. The molecule has 3 rings (SSSR count). The molecule has 1 amide bonds. The molecule has 1 aromatic carbocycles. The first kappa shape index (κ1) is 13.7. The van der Waals surface area contributed by atoms with Gasteiger partial charge in [-0.1, -0.05) is 0 Å². The van der Waals surface area contributed by atoms with Crippen molar-refractivity contribution in [3.8, 4) is 0 Å². The van der Waals surface area contributed by atoms with Crippen LogP contribution in [0.3, 0.4) is 0 Å². The molecule has 1 aromatic heterocycles. The molecule has 0 radical (unpaired) electrons. The Kier molecular flexibility index (Phi) is 3.68. The highest BCUT2D eigenvalue weighted by atomic mass is 16.4. The van der Waals surface area contributed by atoms with E-state index in [1.165, 1.54) is 0 Å². The average Bonchev–Trinajstić information content (AvgIpc) is 2.88. The number of carbonyl (C=O) groups is 1. The van der Waals surface area contributed by atoms with Crippen LogP contribution in [0.1, 0.15) is 19.8 Å². The highest BCUT2D eigenvalue weighted by Gasteiger charge is 2.22. The minimum absolute atomic E-state index is 0.0361. The third-order valence-electron chi connectivity index (χ3n) is 3.93. The van der Waals surface area contributed by atoms with Crippen molar-refractivity contribution in [3.63, 3.8) is 0 Å². The molecule has 2 aromatic rings. The zero-order valence-corrected chi connectivity index (χ0v) is 12.1. The Bertz CT molecular complexity index is 644. The molecular weight excluding hydrogens is 268 g/mol. The van der Waals surface area contributed by atoms with Gasteiger partial charge < -0.3 is 20.4 Å². The summed E-state index contributed by atoms with van der Waals surface area (Å²) in [7, 11) is 0. The number of carbonyl (C=O) groups excluding carboxylic acids is 1. The summed E-state index contributed by atoms with van der Waals surface area (Å²) in [6.07, 6.45) is 2.06. The molecule has 0 atom stereocenters. The van der Waals surface area contributed by atoms with Crippen molar-refractivity contribution in [3.05, 3.63) is 18.2 Å². The van der Waals surface area contributed by atoms with Crippen LogP contribution in [-0.2, 0) is 4.79 Å². The number of amides is 1. The smallest absolute Gasteiger partial charge is 0.298 e. The van der Waals surface area contributed by atoms with Crippen LogP contribution in [0.5, 0.6) is 0 Å². The number of aromatic nitrogens is 1. The second kappa shape index (κ2) is 5.63. The molecule has 6 nitrogen and oxygen atoms in total. The average molecular weight is 288 g/mol. The Balaban J connectivity index is 1.64. The van der Waals surface area contributed by atoms with E-state index in [-0.39, 0.29) is 5.91 Å². The van der Waals surface area contributed by atoms with Crippen LogP contribution in [0.2, 0.25) is 0 Å². The molecule has 3 N–H and O–H groups in total. The van der Waals surface area contributed by atoms with Crippen LogP contribution in [0.4, 0.5) is 11.7 Å². The number of nitrogens with one attached hydrogen (secondary N) is 1. The van der Waals surface area contributed by atoms with Gasteiger partial charge in [-0.3, -0.25) is 4.79 Å². The lowest BCUT2D eigenvalue weighted by Crippen LogP contribution is -2.38. The van der Waals surface area contributed by atoms with E-state index in [9.17, 15) is 4.79 Å². The third-order valence-corrected chi connectivity index (χ3v) is 3.93. The maximum absolute atomic E-state index is 10.9. The van der Waals surface area contributed by atoms with Crippen molar-refractivity contribution >= 4 is 28.7 Å². The maximum atomic E-state index is 10.9. The molecule has 0 bridgehead atoms. The molecule has 0 saturated carbocycles. The molecule has 6 heteroatoms. The first-order valence-electron chi connectivity index (χ1n) is 7.27. The summed E-state index contributed by atoms with van der Waals surface area (Å²) >= 11 is 0. The van der Waals surface area contributed by atoms with Gasteiger partial charge in [0.25, 0.3) is 6.01 Å². The number of piperidine rings is 1. The lowest BCUT2D eigenvalue weighted by atomic mass is 9.97. The predicted molar refractivity (Wildman–Crippen MR) is 82.0 cm³/mol. The Morgan fingerprint density at radius 3 is 2.95 bits per heavy atom. The fourth-order valence-corrected chi connectivity index (χ4v) is 2.68. The number of fused-ring (bicyclic) bond motifs is 1. The molecular formula is C15H20N4O2. The van der Waals surface area contributed by atoms with E-state index in [0.717, 1.165) is 43.6 Å². The summed E-state index contributed by atoms with van der Waals surface area (Å²) in [6, 6.07) is 6.15. The van der Waals surface area contributed by atoms with E-state index in [1.54, 1.807) is 6.92 Å². The number of nitrogens with two attached hydrogens (primary N) is 1. The molecule has 0 aliphatic carbocycles. The fourth-order valence-electron chi connectivity index (χ4n) is 2.68. The number of hydrogen-bond donors (Lipinski definition) is 2.